The number of hydrogen-bond donors (Lipinski definition) is 3. The molecule has 1 amide bonds. The van der Waals surface area contributed by atoms with Gasteiger partial charge in [0.25, 0.3) is 5.91 Å². The summed E-state index contributed by atoms with van der Waals surface area (Å²) in [6.45, 7) is 5.96. The van der Waals surface area contributed by atoms with E-state index in [1.54, 1.807) is 6.33 Å². The normalized spacial score (nSPS) is 10.8. The van der Waals surface area contributed by atoms with Gasteiger partial charge in [-0.15, -0.1) is 0 Å². The van der Waals surface area contributed by atoms with E-state index in [0.29, 0.717) is 5.69 Å². The molecular formula is C19H19F3N4O3. The zero-order chi connectivity index (χ0) is 21.8. The predicted octanol–water partition coefficient (Wildman–Crippen LogP) is 4.01. The van der Waals surface area contributed by atoms with Crippen molar-refractivity contribution in [2.45, 2.75) is 26.9 Å². The number of carboxylic acids is 1. The first kappa shape index (κ1) is 21.7. The Balaban J connectivity index is 0.000000370. The molecule has 0 fully saturated rings. The van der Waals surface area contributed by atoms with E-state index in [-0.39, 0.29) is 5.91 Å². The van der Waals surface area contributed by atoms with Gasteiger partial charge in [-0.25, -0.2) is 9.78 Å². The summed E-state index contributed by atoms with van der Waals surface area (Å²) in [5.74, 6) is -2.90. The van der Waals surface area contributed by atoms with E-state index in [9.17, 15) is 18.0 Å². The third-order valence-corrected chi connectivity index (χ3v) is 3.97. The van der Waals surface area contributed by atoms with Crippen LogP contribution in [-0.4, -0.2) is 37.7 Å². The molecule has 3 N–H and O–H groups in total. The Morgan fingerprint density at radius 3 is 2.14 bits per heavy atom. The standard InChI is InChI=1S/C17H18N4O.C2HF3O2/c1-11-8-16(18-9-11)17(22)20-14-4-6-15(7-5-14)21-10-19-12(2)13(21)3;3-2(4,5)1(6)7/h4-10,18H,1-3H3,(H,20,22);(H,6,7). The fourth-order valence-electron chi connectivity index (χ4n) is 2.30. The molecule has 7 nitrogen and oxygen atoms in total. The number of halogens is 3. The van der Waals surface area contributed by atoms with Crippen LogP contribution in [0.25, 0.3) is 5.69 Å². The Labute approximate surface area is 164 Å². The van der Waals surface area contributed by atoms with Crippen LogP contribution >= 0.6 is 0 Å². The van der Waals surface area contributed by atoms with Gasteiger partial charge in [0.05, 0.1) is 12.0 Å². The first-order chi connectivity index (χ1) is 13.5. The fourth-order valence-corrected chi connectivity index (χ4v) is 2.30. The maximum absolute atomic E-state index is 12.1. The Hall–Kier alpha value is -3.56. The van der Waals surface area contributed by atoms with Crippen molar-refractivity contribution in [3.05, 3.63) is 65.5 Å². The van der Waals surface area contributed by atoms with Gasteiger partial charge in [0.15, 0.2) is 0 Å². The molecule has 29 heavy (non-hydrogen) atoms. The largest absolute Gasteiger partial charge is 0.490 e. The van der Waals surface area contributed by atoms with Crippen molar-refractivity contribution in [2.24, 2.45) is 0 Å². The van der Waals surface area contributed by atoms with Crippen LogP contribution in [0.2, 0.25) is 0 Å². The van der Waals surface area contributed by atoms with Gasteiger partial charge in [0.1, 0.15) is 5.69 Å². The van der Waals surface area contributed by atoms with Crippen molar-refractivity contribution in [3.63, 3.8) is 0 Å². The lowest BCUT2D eigenvalue weighted by molar-refractivity contribution is -0.192. The van der Waals surface area contributed by atoms with Crippen molar-refractivity contribution in [1.29, 1.82) is 0 Å². The van der Waals surface area contributed by atoms with Crippen LogP contribution < -0.4 is 5.32 Å². The van der Waals surface area contributed by atoms with E-state index in [4.69, 9.17) is 9.90 Å². The quantitative estimate of drug-likeness (QED) is 0.610. The number of aromatic amines is 1. The molecule has 0 saturated carbocycles. The lowest BCUT2D eigenvalue weighted by Crippen LogP contribution is -2.21. The lowest BCUT2D eigenvalue weighted by atomic mass is 10.2. The zero-order valence-corrected chi connectivity index (χ0v) is 15.8. The number of nitrogens with one attached hydrogen (secondary N) is 2. The maximum Gasteiger partial charge on any atom is 0.490 e. The van der Waals surface area contributed by atoms with E-state index < -0.39 is 12.1 Å². The number of aryl methyl sites for hydroxylation is 2. The number of amides is 1. The molecule has 0 saturated heterocycles. The second kappa shape index (κ2) is 8.63. The smallest absolute Gasteiger partial charge is 0.475 e. The van der Waals surface area contributed by atoms with Crippen molar-refractivity contribution >= 4 is 17.6 Å². The van der Waals surface area contributed by atoms with Crippen molar-refractivity contribution in [1.82, 2.24) is 14.5 Å². The minimum absolute atomic E-state index is 0.143. The number of hydrogen-bond acceptors (Lipinski definition) is 3. The highest BCUT2D eigenvalue weighted by atomic mass is 19.4. The number of anilines is 1. The van der Waals surface area contributed by atoms with Crippen LogP contribution in [-0.2, 0) is 4.79 Å². The highest BCUT2D eigenvalue weighted by molar-refractivity contribution is 6.03. The van der Waals surface area contributed by atoms with E-state index in [2.05, 4.69) is 15.3 Å². The maximum atomic E-state index is 12.1. The molecule has 3 aromatic rings. The molecule has 2 heterocycles. The third-order valence-electron chi connectivity index (χ3n) is 3.97. The average Bonchev–Trinajstić information content (AvgIpc) is 3.22. The summed E-state index contributed by atoms with van der Waals surface area (Å²) in [4.78, 5) is 28.2. The number of carboxylic acid groups (broad SMARTS) is 1. The molecule has 0 aliphatic heterocycles. The van der Waals surface area contributed by atoms with Gasteiger partial charge in [-0.1, -0.05) is 0 Å². The summed E-state index contributed by atoms with van der Waals surface area (Å²) in [6.07, 6.45) is -1.47. The molecular weight excluding hydrogens is 389 g/mol. The van der Waals surface area contributed by atoms with Crippen LogP contribution in [0.15, 0.2) is 42.9 Å². The zero-order valence-electron chi connectivity index (χ0n) is 15.8. The summed E-state index contributed by atoms with van der Waals surface area (Å²) < 4.78 is 33.8. The number of benzene rings is 1. The predicted molar refractivity (Wildman–Crippen MR) is 100 cm³/mol. The number of nitrogens with zero attached hydrogens (tertiary/aromatic N) is 2. The lowest BCUT2D eigenvalue weighted by Gasteiger charge is -2.08. The summed E-state index contributed by atoms with van der Waals surface area (Å²) in [5.41, 5.74) is 5.49. The highest BCUT2D eigenvalue weighted by Crippen LogP contribution is 2.17. The van der Waals surface area contributed by atoms with Crippen molar-refractivity contribution in [2.75, 3.05) is 5.32 Å². The molecule has 0 atom stereocenters. The molecule has 2 aromatic heterocycles. The number of aromatic nitrogens is 3. The van der Waals surface area contributed by atoms with Gasteiger partial charge in [-0.2, -0.15) is 13.2 Å². The summed E-state index contributed by atoms with van der Waals surface area (Å²) in [7, 11) is 0. The van der Waals surface area contributed by atoms with Crippen molar-refractivity contribution < 1.29 is 27.9 Å². The van der Waals surface area contributed by atoms with E-state index in [1.165, 1.54) is 0 Å². The summed E-state index contributed by atoms with van der Waals surface area (Å²) >= 11 is 0. The Bertz CT molecular complexity index is 1000. The minimum Gasteiger partial charge on any atom is -0.475 e. The SMILES string of the molecule is Cc1c[nH]c(C(=O)Nc2ccc(-n3cnc(C)c3C)cc2)c1.O=C(O)C(F)(F)F. The minimum atomic E-state index is -5.08. The van der Waals surface area contributed by atoms with E-state index in [1.807, 2.05) is 61.9 Å². The van der Waals surface area contributed by atoms with Crippen LogP contribution in [0, 0.1) is 20.8 Å². The molecule has 10 heteroatoms. The fraction of sp³-hybridized carbons (Fsp3) is 0.211. The van der Waals surface area contributed by atoms with Crippen molar-refractivity contribution in [3.8, 4) is 5.69 Å². The number of carbonyl (C=O) groups is 2. The second-order valence-electron chi connectivity index (χ2n) is 6.18. The first-order valence-corrected chi connectivity index (χ1v) is 8.36. The number of H-pyrrole nitrogens is 1. The number of aliphatic carboxylic acids is 1. The average molecular weight is 408 g/mol. The van der Waals surface area contributed by atoms with Crippen LogP contribution in [0.4, 0.5) is 18.9 Å². The molecule has 0 bridgehead atoms. The van der Waals surface area contributed by atoms with Gasteiger partial charge in [-0.05, 0) is 56.7 Å². The first-order valence-electron chi connectivity index (χ1n) is 8.36. The number of carbonyl (C=O) groups excluding carboxylic acids is 1. The van der Waals surface area contributed by atoms with Crippen LogP contribution in [0.5, 0.6) is 0 Å². The number of alkyl halides is 3. The van der Waals surface area contributed by atoms with Gasteiger partial charge >= 0.3 is 12.1 Å². The molecule has 1 aromatic carbocycles. The Kier molecular flexibility index (Phi) is 6.47. The number of rotatable bonds is 3. The van der Waals surface area contributed by atoms with E-state index in [0.717, 1.165) is 28.3 Å². The molecule has 3 rings (SSSR count). The van der Waals surface area contributed by atoms with Gasteiger partial charge in [-0.3, -0.25) is 4.79 Å². The van der Waals surface area contributed by atoms with E-state index >= 15 is 0 Å². The molecule has 0 radical (unpaired) electrons. The number of imidazole rings is 1. The molecule has 0 spiro atoms. The molecule has 0 aliphatic rings. The van der Waals surface area contributed by atoms with Gasteiger partial charge in [0, 0.05) is 23.3 Å². The highest BCUT2D eigenvalue weighted by Gasteiger charge is 2.38. The molecule has 154 valence electrons. The Morgan fingerprint density at radius 2 is 1.72 bits per heavy atom. The third kappa shape index (κ3) is 5.71. The Morgan fingerprint density at radius 1 is 1.14 bits per heavy atom. The molecule has 0 aliphatic carbocycles. The monoisotopic (exact) mass is 408 g/mol. The van der Waals surface area contributed by atoms with Crippen LogP contribution in [0.3, 0.4) is 0 Å². The van der Waals surface area contributed by atoms with Gasteiger partial charge in [0.2, 0.25) is 0 Å². The van der Waals surface area contributed by atoms with Crippen LogP contribution in [0.1, 0.15) is 27.4 Å². The summed E-state index contributed by atoms with van der Waals surface area (Å²) in [6, 6.07) is 9.52. The second-order valence-corrected chi connectivity index (χ2v) is 6.18. The molecule has 0 unspecified atom stereocenters. The topological polar surface area (TPSA) is 100 Å². The summed E-state index contributed by atoms with van der Waals surface area (Å²) in [5, 5.41) is 10.00. The van der Waals surface area contributed by atoms with Gasteiger partial charge < -0.3 is 20.0 Å².